The van der Waals surface area contributed by atoms with Crippen LogP contribution in [0.15, 0.2) is 84.2 Å². The molecular weight excluding hydrogens is 406 g/mol. The van der Waals surface area contributed by atoms with Gasteiger partial charge in [0.25, 0.3) is 0 Å². The third kappa shape index (κ3) is 3.43. The summed E-state index contributed by atoms with van der Waals surface area (Å²) in [5, 5.41) is 22.4. The molecule has 1 aliphatic rings. The number of aromatic nitrogens is 3. The van der Waals surface area contributed by atoms with Gasteiger partial charge in [0, 0.05) is 30.4 Å². The molecule has 2 aromatic carbocycles. The van der Waals surface area contributed by atoms with E-state index in [4.69, 9.17) is 10.4 Å². The minimum Gasteiger partial charge on any atom is -0.510 e. The van der Waals surface area contributed by atoms with Crippen LogP contribution >= 0.6 is 11.3 Å². The highest BCUT2D eigenvalue weighted by Gasteiger charge is 2.37. The van der Waals surface area contributed by atoms with Crippen molar-refractivity contribution in [3.05, 3.63) is 101 Å². The number of nitrogens with one attached hydrogen (secondary N) is 1. The molecule has 4 aromatic rings. The molecule has 0 aliphatic carbocycles. The molecule has 1 aliphatic heterocycles. The SMILES string of the molecule is Cn1ccnc1C(c1ccccc1)N1CC(O)=C(c2nc(-c3ccccc3)cs2)C1=N. The van der Waals surface area contributed by atoms with Crippen LogP contribution in [0.5, 0.6) is 0 Å². The molecule has 5 rings (SSSR count). The maximum Gasteiger partial charge on any atom is 0.135 e. The van der Waals surface area contributed by atoms with Gasteiger partial charge in [-0.05, 0) is 5.56 Å². The lowest BCUT2D eigenvalue weighted by Crippen LogP contribution is -2.33. The standard InChI is InChI=1S/C24H21N5OS/c1-28-13-12-26-23(28)21(17-10-6-3-7-11-17)29-14-19(30)20(22(29)25)24-27-18(15-31-24)16-8-4-2-5-9-16/h2-13,15,21,25,30H,14H2,1H3. The number of rotatable bonds is 5. The van der Waals surface area contributed by atoms with Gasteiger partial charge in [-0.25, -0.2) is 9.97 Å². The maximum absolute atomic E-state index is 10.9. The molecule has 154 valence electrons. The largest absolute Gasteiger partial charge is 0.510 e. The summed E-state index contributed by atoms with van der Waals surface area (Å²) >= 11 is 1.44. The molecule has 0 fully saturated rings. The summed E-state index contributed by atoms with van der Waals surface area (Å²) in [5.74, 6) is 1.23. The summed E-state index contributed by atoms with van der Waals surface area (Å²) in [6.07, 6.45) is 3.65. The third-order valence-electron chi connectivity index (χ3n) is 5.45. The van der Waals surface area contributed by atoms with Gasteiger partial charge in [-0.2, -0.15) is 0 Å². The average molecular weight is 428 g/mol. The summed E-state index contributed by atoms with van der Waals surface area (Å²) in [7, 11) is 1.94. The van der Waals surface area contributed by atoms with Gasteiger partial charge in [-0.15, -0.1) is 11.3 Å². The predicted molar refractivity (Wildman–Crippen MR) is 123 cm³/mol. The van der Waals surface area contributed by atoms with E-state index < -0.39 is 0 Å². The second-order valence-electron chi connectivity index (χ2n) is 7.41. The van der Waals surface area contributed by atoms with Gasteiger partial charge in [0.1, 0.15) is 28.5 Å². The second kappa shape index (κ2) is 7.85. The normalized spacial score (nSPS) is 15.0. The molecule has 2 N–H and O–H groups in total. The lowest BCUT2D eigenvalue weighted by molar-refractivity contribution is 0.312. The smallest absolute Gasteiger partial charge is 0.135 e. The van der Waals surface area contributed by atoms with Crippen LogP contribution in [0.3, 0.4) is 0 Å². The Bertz CT molecular complexity index is 1260. The van der Waals surface area contributed by atoms with E-state index in [1.54, 1.807) is 6.20 Å². The van der Waals surface area contributed by atoms with Crippen molar-refractivity contribution in [3.8, 4) is 11.3 Å². The van der Waals surface area contributed by atoms with E-state index in [9.17, 15) is 5.11 Å². The van der Waals surface area contributed by atoms with Crippen molar-refractivity contribution in [3.63, 3.8) is 0 Å². The number of aliphatic hydroxyl groups is 1. The number of nitrogens with zero attached hydrogens (tertiary/aromatic N) is 4. The Balaban J connectivity index is 1.51. The molecule has 0 spiro atoms. The lowest BCUT2D eigenvalue weighted by atomic mass is 10.0. The van der Waals surface area contributed by atoms with Crippen molar-refractivity contribution in [2.75, 3.05) is 6.54 Å². The van der Waals surface area contributed by atoms with Gasteiger partial charge in [0.2, 0.25) is 0 Å². The van der Waals surface area contributed by atoms with Gasteiger partial charge in [0.05, 0.1) is 17.8 Å². The Labute approximate surface area is 184 Å². The van der Waals surface area contributed by atoms with E-state index >= 15 is 0 Å². The molecule has 2 aromatic heterocycles. The minimum atomic E-state index is -0.290. The zero-order valence-electron chi connectivity index (χ0n) is 16.9. The quantitative estimate of drug-likeness (QED) is 0.475. The molecule has 31 heavy (non-hydrogen) atoms. The Morgan fingerprint density at radius 2 is 1.77 bits per heavy atom. The van der Waals surface area contributed by atoms with Crippen molar-refractivity contribution >= 4 is 22.7 Å². The highest BCUT2D eigenvalue weighted by atomic mass is 32.1. The monoisotopic (exact) mass is 427 g/mol. The molecular formula is C24H21N5OS. The number of amidine groups is 1. The molecule has 6 nitrogen and oxygen atoms in total. The molecule has 0 bridgehead atoms. The molecule has 3 heterocycles. The summed E-state index contributed by atoms with van der Waals surface area (Å²) in [6, 6.07) is 19.6. The molecule has 0 saturated carbocycles. The van der Waals surface area contributed by atoms with Crippen LogP contribution in [0.4, 0.5) is 0 Å². The lowest BCUT2D eigenvalue weighted by Gasteiger charge is -2.29. The first-order valence-electron chi connectivity index (χ1n) is 9.94. The fraction of sp³-hybridized carbons (Fsp3) is 0.125. The van der Waals surface area contributed by atoms with Crippen LogP contribution in [-0.4, -0.2) is 36.9 Å². The summed E-state index contributed by atoms with van der Waals surface area (Å²) in [4.78, 5) is 11.2. The first-order chi connectivity index (χ1) is 15.1. The van der Waals surface area contributed by atoms with Crippen LogP contribution in [0.25, 0.3) is 16.8 Å². The molecule has 1 atom stereocenters. The van der Waals surface area contributed by atoms with E-state index in [0.29, 0.717) is 10.6 Å². The van der Waals surface area contributed by atoms with Gasteiger partial charge in [-0.3, -0.25) is 5.41 Å². The van der Waals surface area contributed by atoms with Crippen LogP contribution in [0.1, 0.15) is 22.4 Å². The number of hydrogen-bond acceptors (Lipinski definition) is 5. The van der Waals surface area contributed by atoms with E-state index in [2.05, 4.69) is 4.98 Å². The first kappa shape index (κ1) is 19.3. The zero-order valence-corrected chi connectivity index (χ0v) is 17.8. The topological polar surface area (TPSA) is 78.0 Å². The Morgan fingerprint density at radius 1 is 1.06 bits per heavy atom. The fourth-order valence-electron chi connectivity index (χ4n) is 3.92. The van der Waals surface area contributed by atoms with Crippen molar-refractivity contribution in [2.24, 2.45) is 7.05 Å². The maximum atomic E-state index is 10.9. The molecule has 0 radical (unpaired) electrons. The average Bonchev–Trinajstić information content (AvgIpc) is 3.50. The van der Waals surface area contributed by atoms with Crippen LogP contribution in [0, 0.1) is 5.41 Å². The molecule has 0 amide bonds. The number of aryl methyl sites for hydroxylation is 1. The Hall–Kier alpha value is -3.71. The van der Waals surface area contributed by atoms with Crippen molar-refractivity contribution in [1.82, 2.24) is 19.4 Å². The van der Waals surface area contributed by atoms with Crippen LogP contribution in [0.2, 0.25) is 0 Å². The second-order valence-corrected chi connectivity index (χ2v) is 8.27. The summed E-state index contributed by atoms with van der Waals surface area (Å²) in [6.45, 7) is 0.237. The number of imidazole rings is 1. The zero-order chi connectivity index (χ0) is 21.4. The third-order valence-corrected chi connectivity index (χ3v) is 6.31. The highest BCUT2D eigenvalue weighted by Crippen LogP contribution is 2.38. The van der Waals surface area contributed by atoms with E-state index in [-0.39, 0.29) is 24.2 Å². The van der Waals surface area contributed by atoms with Gasteiger partial charge < -0.3 is 14.6 Å². The predicted octanol–water partition coefficient (Wildman–Crippen LogP) is 4.90. The van der Waals surface area contributed by atoms with E-state index in [1.807, 2.05) is 88.8 Å². The van der Waals surface area contributed by atoms with Crippen molar-refractivity contribution < 1.29 is 5.11 Å². The minimum absolute atomic E-state index is 0.161. The van der Waals surface area contributed by atoms with E-state index in [1.165, 1.54) is 11.3 Å². The van der Waals surface area contributed by atoms with Crippen molar-refractivity contribution in [2.45, 2.75) is 6.04 Å². The van der Waals surface area contributed by atoms with Crippen LogP contribution < -0.4 is 0 Å². The number of hydrogen-bond donors (Lipinski definition) is 2. The highest BCUT2D eigenvalue weighted by molar-refractivity contribution is 7.11. The van der Waals surface area contributed by atoms with Crippen molar-refractivity contribution in [1.29, 1.82) is 5.41 Å². The molecule has 1 unspecified atom stereocenters. The number of thiazole rings is 1. The first-order valence-corrected chi connectivity index (χ1v) is 10.8. The number of benzene rings is 2. The summed E-state index contributed by atoms with van der Waals surface area (Å²) < 4.78 is 1.96. The van der Waals surface area contributed by atoms with E-state index in [0.717, 1.165) is 22.6 Å². The van der Waals surface area contributed by atoms with Gasteiger partial charge in [-0.1, -0.05) is 60.7 Å². The molecule has 0 saturated heterocycles. The molecule has 7 heteroatoms. The van der Waals surface area contributed by atoms with Gasteiger partial charge >= 0.3 is 0 Å². The fourth-order valence-corrected chi connectivity index (χ4v) is 4.81. The summed E-state index contributed by atoms with van der Waals surface area (Å²) in [5.41, 5.74) is 3.36. The van der Waals surface area contributed by atoms with Gasteiger partial charge in [0.15, 0.2) is 0 Å². The Morgan fingerprint density at radius 3 is 2.45 bits per heavy atom. The Kier molecular flexibility index (Phi) is 4.88. The van der Waals surface area contributed by atoms with Crippen LogP contribution in [-0.2, 0) is 7.05 Å². The number of aliphatic hydroxyl groups excluding tert-OH is 1.